The summed E-state index contributed by atoms with van der Waals surface area (Å²) in [6, 6.07) is 23.4. The molecule has 0 N–H and O–H groups in total. The predicted octanol–water partition coefficient (Wildman–Crippen LogP) is 3.75. The van der Waals surface area contributed by atoms with E-state index in [9.17, 15) is 9.59 Å². The normalized spacial score (nSPS) is 22.2. The van der Waals surface area contributed by atoms with Gasteiger partial charge in [0.1, 0.15) is 17.4 Å². The maximum atomic E-state index is 13.6. The number of hydrogen-bond donors (Lipinski definition) is 0. The minimum Gasteiger partial charge on any atom is -0.497 e. The van der Waals surface area contributed by atoms with Crippen molar-refractivity contribution in [1.82, 2.24) is 0 Å². The molecule has 0 unspecified atom stereocenters. The number of anilines is 2. The number of hydroxylamine groups is 1. The van der Waals surface area contributed by atoms with Crippen molar-refractivity contribution in [3.8, 4) is 11.5 Å². The van der Waals surface area contributed by atoms with Gasteiger partial charge in [0, 0.05) is 0 Å². The van der Waals surface area contributed by atoms with E-state index in [0.29, 0.717) is 17.2 Å². The smallest absolute Gasteiger partial charge is 0.266 e. The fourth-order valence-corrected chi connectivity index (χ4v) is 4.34. The van der Waals surface area contributed by atoms with Crippen molar-refractivity contribution in [3.63, 3.8) is 0 Å². The number of benzene rings is 3. The average molecular weight is 430 g/mol. The van der Waals surface area contributed by atoms with Crippen molar-refractivity contribution in [2.45, 2.75) is 12.1 Å². The van der Waals surface area contributed by atoms with Crippen molar-refractivity contribution < 1.29 is 23.9 Å². The number of carbonyl (C=O) groups is 2. The maximum absolute atomic E-state index is 13.6. The molecule has 0 aliphatic carbocycles. The molecule has 7 heteroatoms. The molecule has 3 aromatic carbocycles. The molecule has 2 saturated heterocycles. The summed E-state index contributed by atoms with van der Waals surface area (Å²) in [7, 11) is 3.17. The number of carbonyl (C=O) groups excluding carboxylic acids is 2. The lowest BCUT2D eigenvalue weighted by Crippen LogP contribution is -2.37. The number of rotatable bonds is 5. The maximum Gasteiger partial charge on any atom is 0.266 e. The summed E-state index contributed by atoms with van der Waals surface area (Å²) in [6.45, 7) is 0. The van der Waals surface area contributed by atoms with Crippen LogP contribution in [0.15, 0.2) is 78.9 Å². The predicted molar refractivity (Wildman–Crippen MR) is 119 cm³/mol. The van der Waals surface area contributed by atoms with Gasteiger partial charge in [-0.25, -0.2) is 9.96 Å². The summed E-state index contributed by atoms with van der Waals surface area (Å²) in [5.41, 5.74) is 2.14. The topological polar surface area (TPSA) is 68.3 Å². The largest absolute Gasteiger partial charge is 0.497 e. The van der Waals surface area contributed by atoms with Crippen LogP contribution < -0.4 is 19.4 Å². The minimum absolute atomic E-state index is 0.288. The zero-order chi connectivity index (χ0) is 22.2. The summed E-state index contributed by atoms with van der Waals surface area (Å²) in [6.07, 6.45) is -0.906. The van der Waals surface area contributed by atoms with E-state index in [1.54, 1.807) is 43.5 Å². The molecule has 0 aromatic heterocycles. The lowest BCUT2D eigenvalue weighted by Gasteiger charge is -2.28. The summed E-state index contributed by atoms with van der Waals surface area (Å²) in [4.78, 5) is 34.2. The highest BCUT2D eigenvalue weighted by atomic mass is 16.7. The summed E-state index contributed by atoms with van der Waals surface area (Å²) >= 11 is 0. The van der Waals surface area contributed by atoms with Crippen molar-refractivity contribution in [1.29, 1.82) is 0 Å². The molecule has 0 bridgehead atoms. The highest BCUT2D eigenvalue weighted by molar-refractivity contribution is 6.23. The Hall–Kier alpha value is -3.84. The Morgan fingerprint density at radius 1 is 0.719 bits per heavy atom. The molecule has 5 rings (SSSR count). The Labute approximate surface area is 185 Å². The molecule has 2 heterocycles. The van der Waals surface area contributed by atoms with Crippen molar-refractivity contribution in [2.75, 3.05) is 24.2 Å². The number of amides is 2. The Kier molecular flexibility index (Phi) is 5.03. The van der Waals surface area contributed by atoms with Crippen molar-refractivity contribution in [3.05, 3.63) is 84.4 Å². The van der Waals surface area contributed by atoms with Gasteiger partial charge in [0.15, 0.2) is 6.10 Å². The molecule has 0 spiro atoms. The Balaban J connectivity index is 1.55. The quantitative estimate of drug-likeness (QED) is 0.575. The van der Waals surface area contributed by atoms with Crippen LogP contribution in [-0.2, 0) is 14.4 Å². The fourth-order valence-electron chi connectivity index (χ4n) is 4.34. The van der Waals surface area contributed by atoms with Crippen molar-refractivity contribution >= 4 is 23.2 Å². The molecular weight excluding hydrogens is 408 g/mol. The zero-order valence-corrected chi connectivity index (χ0v) is 17.7. The third-order valence-electron chi connectivity index (χ3n) is 5.91. The molecule has 162 valence electrons. The van der Waals surface area contributed by atoms with E-state index in [-0.39, 0.29) is 11.8 Å². The van der Waals surface area contributed by atoms with Gasteiger partial charge >= 0.3 is 0 Å². The number of nitrogens with zero attached hydrogens (tertiary/aromatic N) is 2. The number of fused-ring (bicyclic) bond motifs is 1. The third kappa shape index (κ3) is 3.18. The highest BCUT2D eigenvalue weighted by Gasteiger charge is 2.60. The van der Waals surface area contributed by atoms with E-state index >= 15 is 0 Å². The zero-order valence-electron chi connectivity index (χ0n) is 17.7. The Morgan fingerprint density at radius 2 is 1.31 bits per heavy atom. The van der Waals surface area contributed by atoms with Gasteiger partial charge in [-0.05, 0) is 54.1 Å². The van der Waals surface area contributed by atoms with E-state index in [2.05, 4.69) is 0 Å². The monoisotopic (exact) mass is 430 g/mol. The number of ether oxygens (including phenoxy) is 2. The van der Waals surface area contributed by atoms with Crippen LogP contribution in [0.3, 0.4) is 0 Å². The summed E-state index contributed by atoms with van der Waals surface area (Å²) in [5.74, 6) is 0.0181. The van der Waals surface area contributed by atoms with Crippen LogP contribution in [0.2, 0.25) is 0 Å². The number of imide groups is 1. The molecule has 2 aliphatic rings. The molecular formula is C25H22N2O5. The molecule has 7 nitrogen and oxygen atoms in total. The lowest BCUT2D eigenvalue weighted by atomic mass is 9.90. The Bertz CT molecular complexity index is 1130. The van der Waals surface area contributed by atoms with E-state index in [0.717, 1.165) is 11.3 Å². The molecule has 3 aromatic rings. The van der Waals surface area contributed by atoms with Crippen LogP contribution >= 0.6 is 0 Å². The second-order valence-electron chi connectivity index (χ2n) is 7.64. The lowest BCUT2D eigenvalue weighted by molar-refractivity contribution is -0.126. The Morgan fingerprint density at radius 3 is 1.91 bits per heavy atom. The SMILES string of the molecule is COc1ccc([C@H]2[C@@H]3C(=O)N(c4ccc(OC)cc4)C(=O)[C@H]3ON2c2ccccc2)cc1. The van der Waals surface area contributed by atoms with Gasteiger partial charge in [-0.1, -0.05) is 30.3 Å². The van der Waals surface area contributed by atoms with Crippen LogP contribution in [0.4, 0.5) is 11.4 Å². The number of para-hydroxylation sites is 1. The first-order chi connectivity index (χ1) is 15.6. The molecule has 32 heavy (non-hydrogen) atoms. The first kappa shape index (κ1) is 20.1. The molecule has 2 fully saturated rings. The van der Waals surface area contributed by atoms with Gasteiger partial charge in [0.25, 0.3) is 5.91 Å². The van der Waals surface area contributed by atoms with E-state index in [1.165, 1.54) is 4.90 Å². The molecule has 2 amide bonds. The van der Waals surface area contributed by atoms with E-state index in [4.69, 9.17) is 14.3 Å². The van der Waals surface area contributed by atoms with Gasteiger partial charge in [-0.3, -0.25) is 14.4 Å². The third-order valence-corrected chi connectivity index (χ3v) is 5.91. The van der Waals surface area contributed by atoms with Gasteiger partial charge < -0.3 is 9.47 Å². The van der Waals surface area contributed by atoms with Crippen LogP contribution in [0.25, 0.3) is 0 Å². The molecule has 0 saturated carbocycles. The van der Waals surface area contributed by atoms with Crippen LogP contribution in [-0.4, -0.2) is 32.1 Å². The van der Waals surface area contributed by atoms with Gasteiger partial charge in [-0.15, -0.1) is 0 Å². The standard InChI is InChI=1S/C25H22N2O5/c1-30-19-12-8-16(9-13-19)22-21-23(32-27(22)18-6-4-3-5-7-18)25(29)26(24(21)28)17-10-14-20(31-2)15-11-17/h3-15,21-23H,1-2H3/t21-,22-,23-/m0/s1. The van der Waals surface area contributed by atoms with Crippen LogP contribution in [0, 0.1) is 5.92 Å². The molecule has 2 aliphatic heterocycles. The highest BCUT2D eigenvalue weighted by Crippen LogP contribution is 2.47. The van der Waals surface area contributed by atoms with Crippen LogP contribution in [0.1, 0.15) is 11.6 Å². The van der Waals surface area contributed by atoms with E-state index in [1.807, 2.05) is 54.6 Å². The molecule has 3 atom stereocenters. The second-order valence-corrected chi connectivity index (χ2v) is 7.64. The first-order valence-electron chi connectivity index (χ1n) is 10.3. The first-order valence-corrected chi connectivity index (χ1v) is 10.3. The van der Waals surface area contributed by atoms with Crippen LogP contribution in [0.5, 0.6) is 11.5 Å². The number of hydrogen-bond acceptors (Lipinski definition) is 6. The average Bonchev–Trinajstić information content (AvgIpc) is 3.36. The second kappa shape index (κ2) is 8.01. The van der Waals surface area contributed by atoms with Gasteiger partial charge in [0.05, 0.1) is 31.6 Å². The number of methoxy groups -OCH3 is 2. The van der Waals surface area contributed by atoms with Gasteiger partial charge in [0.2, 0.25) is 5.91 Å². The fraction of sp³-hybridized carbons (Fsp3) is 0.200. The minimum atomic E-state index is -0.906. The van der Waals surface area contributed by atoms with Crippen molar-refractivity contribution in [2.24, 2.45) is 5.92 Å². The summed E-state index contributed by atoms with van der Waals surface area (Å²) < 4.78 is 10.5. The van der Waals surface area contributed by atoms with E-state index < -0.39 is 18.1 Å². The molecule has 0 radical (unpaired) electrons. The summed E-state index contributed by atoms with van der Waals surface area (Å²) in [5, 5.41) is 1.68. The van der Waals surface area contributed by atoms with Gasteiger partial charge in [-0.2, -0.15) is 0 Å².